The fraction of sp³-hybridized carbons (Fsp3) is 0.444. The molecule has 0 spiro atoms. The van der Waals surface area contributed by atoms with Crippen LogP contribution < -0.4 is 14.9 Å². The minimum absolute atomic E-state index is 0.00664. The van der Waals surface area contributed by atoms with Gasteiger partial charge in [0.1, 0.15) is 76.7 Å². The van der Waals surface area contributed by atoms with E-state index in [1.165, 1.54) is 37.4 Å². The Morgan fingerprint density at radius 1 is 0.902 bits per heavy atom. The van der Waals surface area contributed by atoms with Gasteiger partial charge < -0.3 is 63.8 Å². The van der Waals surface area contributed by atoms with Crippen LogP contribution in [0.25, 0.3) is 22.3 Å². The van der Waals surface area contributed by atoms with E-state index < -0.39 is 67.3 Å². The molecule has 5 rings (SSSR count). The molecule has 2 aromatic carbocycles. The van der Waals surface area contributed by atoms with Crippen molar-refractivity contribution < 1.29 is 63.8 Å². The number of rotatable bonds is 7. The molecule has 2 saturated heterocycles. The Hall–Kier alpha value is -3.31. The molecule has 0 bridgehead atoms. The summed E-state index contributed by atoms with van der Waals surface area (Å²) in [4.78, 5) is 12.6. The summed E-state index contributed by atoms with van der Waals surface area (Å²) in [5.74, 6) is 0.420. The zero-order chi connectivity index (χ0) is 29.4. The number of benzene rings is 2. The van der Waals surface area contributed by atoms with Gasteiger partial charge in [0.2, 0.25) is 6.29 Å². The van der Waals surface area contributed by atoms with Gasteiger partial charge in [-0.05, 0) is 24.3 Å². The Balaban J connectivity index is 1.34. The molecule has 14 nitrogen and oxygen atoms in total. The van der Waals surface area contributed by atoms with Gasteiger partial charge in [0.05, 0.1) is 20.3 Å². The Morgan fingerprint density at radius 2 is 1.63 bits per heavy atom. The minimum atomic E-state index is -1.68. The van der Waals surface area contributed by atoms with Gasteiger partial charge in [0.25, 0.3) is 0 Å². The predicted molar refractivity (Wildman–Crippen MR) is 137 cm³/mol. The molecule has 41 heavy (non-hydrogen) atoms. The van der Waals surface area contributed by atoms with Crippen LogP contribution in [0.5, 0.6) is 17.2 Å². The first kappa shape index (κ1) is 29.2. The molecule has 2 aliphatic rings. The van der Waals surface area contributed by atoms with Crippen LogP contribution in [0.1, 0.15) is 0 Å². The second kappa shape index (κ2) is 11.9. The Morgan fingerprint density at radius 3 is 2.32 bits per heavy atom. The fourth-order valence-electron chi connectivity index (χ4n) is 4.70. The van der Waals surface area contributed by atoms with Gasteiger partial charge in [0, 0.05) is 23.8 Å². The van der Waals surface area contributed by atoms with Gasteiger partial charge in [-0.3, -0.25) is 4.79 Å². The summed E-state index contributed by atoms with van der Waals surface area (Å²) >= 11 is 0. The second-order valence-electron chi connectivity index (χ2n) is 9.69. The summed E-state index contributed by atoms with van der Waals surface area (Å²) < 4.78 is 33.0. The van der Waals surface area contributed by atoms with Crippen LogP contribution in [-0.4, -0.2) is 111 Å². The number of phenols is 1. The molecule has 1 aromatic heterocycles. The van der Waals surface area contributed by atoms with Crippen molar-refractivity contribution in [2.45, 2.75) is 55.3 Å². The van der Waals surface area contributed by atoms with E-state index in [1.54, 1.807) is 12.1 Å². The number of aliphatic hydroxyl groups excluding tert-OH is 6. The first-order chi connectivity index (χ1) is 19.6. The van der Waals surface area contributed by atoms with Gasteiger partial charge >= 0.3 is 0 Å². The molecule has 2 fully saturated rings. The molecule has 14 heteroatoms. The van der Waals surface area contributed by atoms with Crippen LogP contribution >= 0.6 is 0 Å². The average Bonchev–Trinajstić information content (AvgIpc) is 2.96. The van der Waals surface area contributed by atoms with Crippen LogP contribution in [-0.2, 0) is 14.2 Å². The average molecular weight is 579 g/mol. The highest BCUT2D eigenvalue weighted by Crippen LogP contribution is 2.33. The van der Waals surface area contributed by atoms with Crippen molar-refractivity contribution in [2.75, 3.05) is 20.3 Å². The predicted octanol–water partition coefficient (Wildman–Crippen LogP) is -1.18. The van der Waals surface area contributed by atoms with Gasteiger partial charge in [-0.2, -0.15) is 0 Å². The number of phenolic OH excluding ortho intramolecular Hbond substituents is 1. The van der Waals surface area contributed by atoms with Crippen LogP contribution in [0.3, 0.4) is 0 Å². The minimum Gasteiger partial charge on any atom is -0.507 e. The highest BCUT2D eigenvalue weighted by atomic mass is 16.7. The van der Waals surface area contributed by atoms with Gasteiger partial charge in [0.15, 0.2) is 11.7 Å². The van der Waals surface area contributed by atoms with Crippen LogP contribution in [0.4, 0.5) is 0 Å². The topological polar surface area (TPSA) is 218 Å². The quantitative estimate of drug-likeness (QED) is 0.176. The van der Waals surface area contributed by atoms with Crippen molar-refractivity contribution in [3.8, 4) is 28.6 Å². The zero-order valence-electron chi connectivity index (χ0n) is 21.6. The standard InChI is InChI=1S/C27H30O14/c1-36-13-6-14(29)20-15(30)8-17(39-18(20)7-13)11-2-4-12(5-3-11)38-27-24(35)25(22(33)19(9-28)40-27)41-26-23(34)21(32)16(31)10-37-26/h2-8,16,19,21-29,31-35H,9-10H2,1H3/t16-,19+,21+,22-,23-,24+,25-,26+,27-/m1/s1. The first-order valence-corrected chi connectivity index (χ1v) is 12.7. The van der Waals surface area contributed by atoms with Crippen molar-refractivity contribution in [3.05, 3.63) is 52.7 Å². The third-order valence-electron chi connectivity index (χ3n) is 6.98. The van der Waals surface area contributed by atoms with Crippen molar-refractivity contribution in [1.29, 1.82) is 0 Å². The van der Waals surface area contributed by atoms with Crippen molar-refractivity contribution in [1.82, 2.24) is 0 Å². The van der Waals surface area contributed by atoms with E-state index in [0.29, 0.717) is 11.3 Å². The number of fused-ring (bicyclic) bond motifs is 1. The lowest BCUT2D eigenvalue weighted by atomic mass is 9.98. The maximum atomic E-state index is 12.6. The SMILES string of the molecule is COc1cc(O)c2c(=O)cc(-c3ccc(O[C@@H]4O[C@@H](CO)[C@@H](O)[C@@H](O[C@@H]5OC[C@@H](O)[C@H](O)[C@H]5O)[C@@H]4O)cc3)oc2c1. The molecule has 0 radical (unpaired) electrons. The molecule has 3 heterocycles. The Bertz CT molecular complexity index is 1410. The van der Waals surface area contributed by atoms with E-state index >= 15 is 0 Å². The van der Waals surface area contributed by atoms with E-state index in [0.717, 1.165) is 0 Å². The van der Waals surface area contributed by atoms with Gasteiger partial charge in [-0.15, -0.1) is 0 Å². The molecular formula is C27H30O14. The molecule has 0 amide bonds. The third kappa shape index (κ3) is 5.74. The fourth-order valence-corrected chi connectivity index (χ4v) is 4.70. The number of aliphatic hydroxyl groups is 6. The lowest BCUT2D eigenvalue weighted by molar-refractivity contribution is -0.339. The summed E-state index contributed by atoms with van der Waals surface area (Å²) in [6, 6.07) is 10.1. The molecular weight excluding hydrogens is 548 g/mol. The van der Waals surface area contributed by atoms with Gasteiger partial charge in [-0.1, -0.05) is 0 Å². The lowest BCUT2D eigenvalue weighted by Gasteiger charge is -2.44. The summed E-state index contributed by atoms with van der Waals surface area (Å²) in [7, 11) is 1.41. The molecule has 3 aromatic rings. The summed E-state index contributed by atoms with van der Waals surface area (Å²) in [6.07, 6.45) is -13.5. The number of aromatic hydroxyl groups is 1. The maximum Gasteiger partial charge on any atom is 0.229 e. The number of hydrogen-bond donors (Lipinski definition) is 7. The van der Waals surface area contributed by atoms with E-state index in [2.05, 4.69) is 0 Å². The number of methoxy groups -OCH3 is 1. The smallest absolute Gasteiger partial charge is 0.229 e. The van der Waals surface area contributed by atoms with E-state index in [9.17, 15) is 40.5 Å². The molecule has 0 saturated carbocycles. The van der Waals surface area contributed by atoms with Crippen molar-refractivity contribution >= 4 is 11.0 Å². The number of ether oxygens (including phenoxy) is 5. The highest BCUT2D eigenvalue weighted by Gasteiger charge is 2.49. The largest absolute Gasteiger partial charge is 0.507 e. The van der Waals surface area contributed by atoms with Gasteiger partial charge in [-0.25, -0.2) is 0 Å². The van der Waals surface area contributed by atoms with Crippen LogP contribution in [0, 0.1) is 0 Å². The second-order valence-corrected chi connectivity index (χ2v) is 9.69. The lowest BCUT2D eigenvalue weighted by Crippen LogP contribution is -2.63. The monoisotopic (exact) mass is 578 g/mol. The zero-order valence-corrected chi connectivity index (χ0v) is 21.6. The van der Waals surface area contributed by atoms with Crippen molar-refractivity contribution in [3.63, 3.8) is 0 Å². The Labute approximate surface area is 232 Å². The molecule has 9 atom stereocenters. The summed E-state index contributed by atoms with van der Waals surface area (Å²) in [5, 5.41) is 71.1. The third-order valence-corrected chi connectivity index (χ3v) is 6.98. The highest BCUT2D eigenvalue weighted by molar-refractivity contribution is 5.86. The summed E-state index contributed by atoms with van der Waals surface area (Å²) in [5.41, 5.74) is 0.143. The van der Waals surface area contributed by atoms with Crippen LogP contribution in [0.15, 0.2) is 51.7 Å². The van der Waals surface area contributed by atoms with Crippen LogP contribution in [0.2, 0.25) is 0 Å². The van der Waals surface area contributed by atoms with E-state index in [4.69, 9.17) is 28.1 Å². The number of hydrogen-bond acceptors (Lipinski definition) is 14. The van der Waals surface area contributed by atoms with E-state index in [1.807, 2.05) is 0 Å². The summed E-state index contributed by atoms with van der Waals surface area (Å²) in [6.45, 7) is -1.02. The van der Waals surface area contributed by atoms with E-state index in [-0.39, 0.29) is 34.8 Å². The van der Waals surface area contributed by atoms with Crippen molar-refractivity contribution in [2.24, 2.45) is 0 Å². The first-order valence-electron chi connectivity index (χ1n) is 12.7. The Kier molecular flexibility index (Phi) is 8.47. The molecule has 222 valence electrons. The molecule has 7 N–H and O–H groups in total. The molecule has 0 aliphatic carbocycles. The maximum absolute atomic E-state index is 12.6. The molecule has 2 aliphatic heterocycles. The molecule has 0 unspecified atom stereocenters. The normalized spacial score (nSPS) is 32.1.